The Kier molecular flexibility index (Phi) is 5.35. The van der Waals surface area contributed by atoms with Crippen LogP contribution in [-0.4, -0.2) is 17.6 Å². The van der Waals surface area contributed by atoms with Crippen LogP contribution < -0.4 is 9.64 Å². The molecular weight excluding hydrogens is 377 g/mol. The lowest BCUT2D eigenvalue weighted by molar-refractivity contribution is -0.137. The molecule has 4 rings (SSSR count). The topological polar surface area (TPSA) is 25.4 Å². The first-order valence-corrected chi connectivity index (χ1v) is 9.87. The second kappa shape index (κ2) is 7.93. The molecule has 1 unspecified atom stereocenters. The van der Waals surface area contributed by atoms with Crippen LogP contribution in [0.5, 0.6) is 5.75 Å². The van der Waals surface area contributed by atoms with E-state index in [1.807, 2.05) is 30.3 Å². The predicted octanol–water partition coefficient (Wildman–Crippen LogP) is 6.21. The summed E-state index contributed by atoms with van der Waals surface area (Å²) in [5.41, 5.74) is 0.531. The zero-order valence-electron chi connectivity index (χ0n) is 16.2. The molecule has 0 saturated carbocycles. The fourth-order valence-corrected chi connectivity index (χ4v) is 3.82. The van der Waals surface area contributed by atoms with Gasteiger partial charge in [-0.05, 0) is 62.1 Å². The van der Waals surface area contributed by atoms with Crippen LogP contribution in [0.3, 0.4) is 0 Å². The van der Waals surface area contributed by atoms with E-state index in [0.717, 1.165) is 48.2 Å². The molecule has 1 aliphatic heterocycles. The highest BCUT2D eigenvalue weighted by atomic mass is 19.4. The van der Waals surface area contributed by atoms with E-state index in [2.05, 4.69) is 11.8 Å². The Balaban J connectivity index is 1.60. The number of hydrogen-bond donors (Lipinski definition) is 0. The largest absolute Gasteiger partial charge is 0.487 e. The second-order valence-corrected chi connectivity index (χ2v) is 7.52. The number of rotatable bonds is 4. The monoisotopic (exact) mass is 400 g/mol. The van der Waals surface area contributed by atoms with Crippen molar-refractivity contribution in [2.24, 2.45) is 0 Å². The van der Waals surface area contributed by atoms with Gasteiger partial charge in [0.05, 0.1) is 5.56 Å². The highest BCUT2D eigenvalue weighted by Gasteiger charge is 2.30. The molecule has 0 bridgehead atoms. The van der Waals surface area contributed by atoms with E-state index in [4.69, 9.17) is 9.72 Å². The molecule has 0 radical (unpaired) electrons. The number of anilines is 1. The van der Waals surface area contributed by atoms with Gasteiger partial charge in [-0.15, -0.1) is 0 Å². The van der Waals surface area contributed by atoms with Gasteiger partial charge in [0, 0.05) is 18.0 Å². The molecule has 1 saturated heterocycles. The lowest BCUT2D eigenvalue weighted by atomic mass is 10.0. The first kappa shape index (κ1) is 19.6. The number of halogens is 3. The molecule has 0 amide bonds. The zero-order valence-corrected chi connectivity index (χ0v) is 16.2. The molecule has 6 heteroatoms. The fourth-order valence-electron chi connectivity index (χ4n) is 3.82. The van der Waals surface area contributed by atoms with Crippen molar-refractivity contribution in [3.8, 4) is 5.75 Å². The Labute approximate surface area is 168 Å². The Morgan fingerprint density at radius 2 is 1.90 bits per heavy atom. The van der Waals surface area contributed by atoms with Crippen LogP contribution in [0.1, 0.15) is 37.3 Å². The van der Waals surface area contributed by atoms with Gasteiger partial charge in [0.1, 0.15) is 23.7 Å². The number of piperidine rings is 1. The highest BCUT2D eigenvalue weighted by molar-refractivity contribution is 5.86. The number of ether oxygens (including phenoxy) is 1. The summed E-state index contributed by atoms with van der Waals surface area (Å²) in [5, 5.41) is 0.944. The summed E-state index contributed by atoms with van der Waals surface area (Å²) in [7, 11) is 0. The molecule has 2 heterocycles. The summed E-state index contributed by atoms with van der Waals surface area (Å²) in [5.74, 6) is 1.49. The number of alkyl halides is 3. The van der Waals surface area contributed by atoms with E-state index in [0.29, 0.717) is 17.4 Å². The Hall–Kier alpha value is -2.76. The number of fused-ring (bicyclic) bond motifs is 1. The zero-order chi connectivity index (χ0) is 20.4. The molecule has 1 aromatic heterocycles. The molecule has 3 aromatic rings. The van der Waals surface area contributed by atoms with Gasteiger partial charge >= 0.3 is 6.18 Å². The van der Waals surface area contributed by atoms with Gasteiger partial charge in [0.2, 0.25) is 0 Å². The second-order valence-electron chi connectivity index (χ2n) is 7.52. The first-order valence-electron chi connectivity index (χ1n) is 9.87. The van der Waals surface area contributed by atoms with Crippen molar-refractivity contribution >= 4 is 16.7 Å². The molecule has 0 spiro atoms. The minimum atomic E-state index is -4.36. The molecule has 1 aliphatic rings. The summed E-state index contributed by atoms with van der Waals surface area (Å²) in [6.07, 6.45) is -0.835. The van der Waals surface area contributed by atoms with Crippen molar-refractivity contribution < 1.29 is 17.9 Å². The number of aromatic nitrogens is 1. The summed E-state index contributed by atoms with van der Waals surface area (Å²) in [4.78, 5) is 7.15. The van der Waals surface area contributed by atoms with Crippen molar-refractivity contribution in [1.82, 2.24) is 4.98 Å². The van der Waals surface area contributed by atoms with Crippen molar-refractivity contribution in [1.29, 1.82) is 0 Å². The molecule has 152 valence electrons. The maximum absolute atomic E-state index is 12.9. The number of benzene rings is 2. The number of nitrogens with zero attached hydrogens (tertiary/aromatic N) is 2. The van der Waals surface area contributed by atoms with Gasteiger partial charge in [0.15, 0.2) is 0 Å². The van der Waals surface area contributed by atoms with Crippen molar-refractivity contribution in [3.63, 3.8) is 0 Å². The quantitative estimate of drug-likeness (QED) is 0.520. The average molecular weight is 400 g/mol. The Morgan fingerprint density at radius 3 is 2.69 bits per heavy atom. The summed E-state index contributed by atoms with van der Waals surface area (Å²) < 4.78 is 44.7. The van der Waals surface area contributed by atoms with E-state index >= 15 is 0 Å². The first-order chi connectivity index (χ1) is 13.9. The van der Waals surface area contributed by atoms with Gasteiger partial charge < -0.3 is 9.64 Å². The van der Waals surface area contributed by atoms with Crippen LogP contribution in [0.25, 0.3) is 10.9 Å². The third kappa shape index (κ3) is 4.31. The van der Waals surface area contributed by atoms with E-state index in [1.54, 1.807) is 6.07 Å². The molecular formula is C23H23F3N2O. The third-order valence-electron chi connectivity index (χ3n) is 5.41. The standard InChI is InChI=1S/C23H23F3N2O/c1-16-6-2-3-13-28(16)21-12-11-18-8-5-10-20(22(18)27-21)29-15-17-7-4-9-19(14-17)23(24,25)26/h4-5,7-12,14,16H,2-3,6,13,15H2,1H3. The van der Waals surface area contributed by atoms with E-state index in [-0.39, 0.29) is 6.61 Å². The van der Waals surface area contributed by atoms with Gasteiger partial charge in [0.25, 0.3) is 0 Å². The van der Waals surface area contributed by atoms with Gasteiger partial charge in [-0.25, -0.2) is 4.98 Å². The summed E-state index contributed by atoms with van der Waals surface area (Å²) >= 11 is 0. The van der Waals surface area contributed by atoms with Crippen LogP contribution >= 0.6 is 0 Å². The normalized spacial score (nSPS) is 17.5. The maximum atomic E-state index is 12.9. The van der Waals surface area contributed by atoms with Crippen LogP contribution in [0.2, 0.25) is 0 Å². The smallest absolute Gasteiger partial charge is 0.416 e. The molecule has 3 nitrogen and oxygen atoms in total. The molecule has 0 aliphatic carbocycles. The summed E-state index contributed by atoms with van der Waals surface area (Å²) in [6, 6.07) is 15.4. The molecule has 1 fully saturated rings. The van der Waals surface area contributed by atoms with Crippen molar-refractivity contribution in [2.45, 2.75) is 45.0 Å². The SMILES string of the molecule is CC1CCCCN1c1ccc2cccc(OCc3cccc(C(F)(F)F)c3)c2n1. The Morgan fingerprint density at radius 1 is 1.07 bits per heavy atom. The molecule has 29 heavy (non-hydrogen) atoms. The highest BCUT2D eigenvalue weighted by Crippen LogP contribution is 2.31. The third-order valence-corrected chi connectivity index (χ3v) is 5.41. The van der Waals surface area contributed by atoms with Gasteiger partial charge in [-0.1, -0.05) is 24.3 Å². The minimum absolute atomic E-state index is 0.0507. The molecule has 1 atom stereocenters. The number of para-hydroxylation sites is 1. The van der Waals surface area contributed by atoms with E-state index in [9.17, 15) is 13.2 Å². The number of hydrogen-bond acceptors (Lipinski definition) is 3. The summed E-state index contributed by atoms with van der Waals surface area (Å²) in [6.45, 7) is 3.24. The Bertz CT molecular complexity index is 1000. The predicted molar refractivity (Wildman–Crippen MR) is 108 cm³/mol. The van der Waals surface area contributed by atoms with Gasteiger partial charge in [-0.2, -0.15) is 13.2 Å². The number of pyridine rings is 1. The van der Waals surface area contributed by atoms with Crippen LogP contribution in [-0.2, 0) is 12.8 Å². The minimum Gasteiger partial charge on any atom is -0.487 e. The van der Waals surface area contributed by atoms with E-state index < -0.39 is 11.7 Å². The maximum Gasteiger partial charge on any atom is 0.416 e. The van der Waals surface area contributed by atoms with Crippen LogP contribution in [0.15, 0.2) is 54.6 Å². The fraction of sp³-hybridized carbons (Fsp3) is 0.348. The lowest BCUT2D eigenvalue weighted by Crippen LogP contribution is -2.37. The van der Waals surface area contributed by atoms with Crippen LogP contribution in [0.4, 0.5) is 19.0 Å². The van der Waals surface area contributed by atoms with Gasteiger partial charge in [-0.3, -0.25) is 0 Å². The van der Waals surface area contributed by atoms with E-state index in [1.165, 1.54) is 12.5 Å². The molecule has 2 aromatic carbocycles. The van der Waals surface area contributed by atoms with Crippen LogP contribution in [0, 0.1) is 0 Å². The molecule has 0 N–H and O–H groups in total. The van der Waals surface area contributed by atoms with Crippen molar-refractivity contribution in [2.75, 3.05) is 11.4 Å². The van der Waals surface area contributed by atoms with Crippen molar-refractivity contribution in [3.05, 3.63) is 65.7 Å². The average Bonchev–Trinajstić information content (AvgIpc) is 2.72. The lowest BCUT2D eigenvalue weighted by Gasteiger charge is -2.34.